The molecular formula is C16H15ClN2O3S. The number of hydrogen-bond donors (Lipinski definition) is 2. The van der Waals surface area contributed by atoms with Gasteiger partial charge in [-0.2, -0.15) is 0 Å². The molecule has 0 amide bonds. The molecule has 5 nitrogen and oxygen atoms in total. The molecule has 3 N–H and O–H groups in total. The van der Waals surface area contributed by atoms with Gasteiger partial charge < -0.3 is 20.5 Å². The molecule has 0 bridgehead atoms. The number of hydrogen-bond acceptors (Lipinski definition) is 4. The maximum Gasteiger partial charge on any atom is 0.195 e. The molecule has 0 saturated carbocycles. The summed E-state index contributed by atoms with van der Waals surface area (Å²) in [5, 5.41) is 3.38. The molecule has 7 heteroatoms. The van der Waals surface area contributed by atoms with Crippen LogP contribution < -0.4 is 20.5 Å². The second-order valence-electron chi connectivity index (χ2n) is 4.58. The number of halogens is 1. The van der Waals surface area contributed by atoms with Crippen molar-refractivity contribution in [1.29, 1.82) is 0 Å². The van der Waals surface area contributed by atoms with E-state index < -0.39 is 0 Å². The average molecular weight is 351 g/mol. The molecule has 2 aromatic rings. The first-order chi connectivity index (χ1) is 11.0. The predicted molar refractivity (Wildman–Crippen MR) is 94.8 cm³/mol. The van der Waals surface area contributed by atoms with Gasteiger partial charge in [0.15, 0.2) is 22.4 Å². The third-order valence-corrected chi connectivity index (χ3v) is 3.49. The van der Waals surface area contributed by atoms with E-state index in [0.717, 1.165) is 0 Å². The SMILES string of the molecule is COc1cc(NC(N)=S)c(C(=O)c2ccc(Cl)cc2)cc1OC. The fourth-order valence-electron chi connectivity index (χ4n) is 2.06. The summed E-state index contributed by atoms with van der Waals surface area (Å²) in [6.07, 6.45) is 0. The van der Waals surface area contributed by atoms with Crippen molar-refractivity contribution in [2.45, 2.75) is 0 Å². The minimum atomic E-state index is -0.221. The lowest BCUT2D eigenvalue weighted by Gasteiger charge is -2.15. The maximum atomic E-state index is 12.8. The summed E-state index contributed by atoms with van der Waals surface area (Å²) < 4.78 is 10.5. The fraction of sp³-hybridized carbons (Fsp3) is 0.125. The van der Waals surface area contributed by atoms with Gasteiger partial charge in [-0.15, -0.1) is 0 Å². The predicted octanol–water partition coefficient (Wildman–Crippen LogP) is 3.24. The van der Waals surface area contributed by atoms with Crippen LogP contribution in [0, 0.1) is 0 Å². The van der Waals surface area contributed by atoms with Gasteiger partial charge in [0.25, 0.3) is 0 Å². The fourth-order valence-corrected chi connectivity index (χ4v) is 2.30. The monoisotopic (exact) mass is 350 g/mol. The maximum absolute atomic E-state index is 12.8. The Kier molecular flexibility index (Phi) is 5.41. The Morgan fingerprint density at radius 1 is 1.13 bits per heavy atom. The van der Waals surface area contributed by atoms with E-state index in [9.17, 15) is 4.79 Å². The Balaban J connectivity index is 2.55. The first-order valence-electron chi connectivity index (χ1n) is 6.59. The number of nitrogens with one attached hydrogen (secondary N) is 1. The van der Waals surface area contributed by atoms with E-state index in [0.29, 0.717) is 33.3 Å². The number of benzene rings is 2. The molecule has 2 aromatic carbocycles. The van der Waals surface area contributed by atoms with Gasteiger partial charge in [0.2, 0.25) is 0 Å². The molecule has 2 rings (SSSR count). The number of anilines is 1. The molecule has 0 unspecified atom stereocenters. The molecule has 0 heterocycles. The van der Waals surface area contributed by atoms with Crippen LogP contribution in [0.3, 0.4) is 0 Å². The summed E-state index contributed by atoms with van der Waals surface area (Å²) in [6, 6.07) is 9.78. The second kappa shape index (κ2) is 7.30. The van der Waals surface area contributed by atoms with Gasteiger partial charge in [-0.05, 0) is 42.5 Å². The summed E-state index contributed by atoms with van der Waals surface area (Å²) in [4.78, 5) is 12.8. The van der Waals surface area contributed by atoms with E-state index in [1.54, 1.807) is 36.4 Å². The number of nitrogens with two attached hydrogens (primary N) is 1. The van der Waals surface area contributed by atoms with E-state index in [-0.39, 0.29) is 10.9 Å². The Morgan fingerprint density at radius 2 is 1.70 bits per heavy atom. The summed E-state index contributed by atoms with van der Waals surface area (Å²) >= 11 is 10.7. The van der Waals surface area contributed by atoms with E-state index in [2.05, 4.69) is 5.32 Å². The Bertz CT molecular complexity index is 748. The zero-order valence-electron chi connectivity index (χ0n) is 12.6. The van der Waals surface area contributed by atoms with Crippen molar-refractivity contribution in [3.63, 3.8) is 0 Å². The van der Waals surface area contributed by atoms with Crippen LogP contribution in [-0.2, 0) is 0 Å². The highest BCUT2D eigenvalue weighted by atomic mass is 35.5. The number of carbonyl (C=O) groups is 1. The van der Waals surface area contributed by atoms with Crippen molar-refractivity contribution < 1.29 is 14.3 Å². The number of ether oxygens (including phenoxy) is 2. The van der Waals surface area contributed by atoms with Crippen molar-refractivity contribution in [3.8, 4) is 11.5 Å². The number of carbonyl (C=O) groups excluding carboxylic acids is 1. The lowest BCUT2D eigenvalue weighted by Crippen LogP contribution is -2.21. The van der Waals surface area contributed by atoms with Gasteiger partial charge in [-0.3, -0.25) is 4.79 Å². The molecular weight excluding hydrogens is 336 g/mol. The van der Waals surface area contributed by atoms with Crippen molar-refractivity contribution in [2.75, 3.05) is 19.5 Å². The standard InChI is InChI=1S/C16H15ClN2O3S/c1-21-13-7-11(12(19-16(18)23)8-14(13)22-2)15(20)9-3-5-10(17)6-4-9/h3-8H,1-2H3,(H3,18,19,23). The van der Waals surface area contributed by atoms with Gasteiger partial charge in [0, 0.05) is 16.7 Å². The molecule has 0 fully saturated rings. The average Bonchev–Trinajstić information content (AvgIpc) is 2.54. The second-order valence-corrected chi connectivity index (χ2v) is 5.45. The third kappa shape index (κ3) is 3.91. The number of ketones is 1. The highest BCUT2D eigenvalue weighted by molar-refractivity contribution is 7.80. The van der Waals surface area contributed by atoms with Crippen LogP contribution in [0.25, 0.3) is 0 Å². The van der Waals surface area contributed by atoms with Crippen LogP contribution in [0.2, 0.25) is 5.02 Å². The molecule has 0 atom stereocenters. The number of rotatable bonds is 5. The zero-order chi connectivity index (χ0) is 17.0. The molecule has 0 saturated heterocycles. The molecule has 120 valence electrons. The van der Waals surface area contributed by atoms with Crippen LogP contribution in [0.5, 0.6) is 11.5 Å². The minimum absolute atomic E-state index is 0.0439. The topological polar surface area (TPSA) is 73.6 Å². The van der Waals surface area contributed by atoms with Crippen LogP contribution >= 0.6 is 23.8 Å². The van der Waals surface area contributed by atoms with Gasteiger partial charge in [-0.1, -0.05) is 11.6 Å². The van der Waals surface area contributed by atoms with E-state index >= 15 is 0 Å². The number of thiocarbonyl (C=S) groups is 1. The first-order valence-corrected chi connectivity index (χ1v) is 7.37. The quantitative estimate of drug-likeness (QED) is 0.637. The molecule has 0 aromatic heterocycles. The van der Waals surface area contributed by atoms with E-state index in [4.69, 9.17) is 39.0 Å². The molecule has 0 spiro atoms. The van der Waals surface area contributed by atoms with Crippen molar-refractivity contribution in [2.24, 2.45) is 5.73 Å². The molecule has 0 aliphatic carbocycles. The van der Waals surface area contributed by atoms with Crippen LogP contribution in [0.1, 0.15) is 15.9 Å². The van der Waals surface area contributed by atoms with Crippen molar-refractivity contribution in [3.05, 3.63) is 52.5 Å². The minimum Gasteiger partial charge on any atom is -0.493 e. The molecule has 0 radical (unpaired) electrons. The van der Waals surface area contributed by atoms with E-state index in [1.807, 2.05) is 0 Å². The van der Waals surface area contributed by atoms with Crippen molar-refractivity contribution in [1.82, 2.24) is 0 Å². The lowest BCUT2D eigenvalue weighted by atomic mass is 10.0. The highest BCUT2D eigenvalue weighted by Crippen LogP contribution is 2.34. The Labute approximate surface area is 144 Å². The smallest absolute Gasteiger partial charge is 0.195 e. The van der Waals surface area contributed by atoms with Gasteiger partial charge in [0.05, 0.1) is 25.5 Å². The van der Waals surface area contributed by atoms with Gasteiger partial charge in [-0.25, -0.2) is 0 Å². The summed E-state index contributed by atoms with van der Waals surface area (Å²) in [5.74, 6) is 0.665. The van der Waals surface area contributed by atoms with Gasteiger partial charge in [0.1, 0.15) is 0 Å². The summed E-state index contributed by atoms with van der Waals surface area (Å²) in [6.45, 7) is 0. The highest BCUT2D eigenvalue weighted by Gasteiger charge is 2.18. The van der Waals surface area contributed by atoms with Crippen LogP contribution in [0.15, 0.2) is 36.4 Å². The normalized spacial score (nSPS) is 10.0. The lowest BCUT2D eigenvalue weighted by molar-refractivity contribution is 0.103. The van der Waals surface area contributed by atoms with Crippen LogP contribution in [-0.4, -0.2) is 25.1 Å². The van der Waals surface area contributed by atoms with E-state index in [1.165, 1.54) is 14.2 Å². The number of methoxy groups -OCH3 is 2. The zero-order valence-corrected chi connectivity index (χ0v) is 14.1. The largest absolute Gasteiger partial charge is 0.493 e. The Hall–Kier alpha value is -2.31. The van der Waals surface area contributed by atoms with Gasteiger partial charge >= 0.3 is 0 Å². The first kappa shape index (κ1) is 17.1. The van der Waals surface area contributed by atoms with Crippen molar-refractivity contribution >= 4 is 40.4 Å². The summed E-state index contributed by atoms with van der Waals surface area (Å²) in [5.41, 5.74) is 6.81. The molecule has 0 aliphatic rings. The Morgan fingerprint density at radius 3 is 2.22 bits per heavy atom. The molecule has 0 aliphatic heterocycles. The molecule has 23 heavy (non-hydrogen) atoms. The van der Waals surface area contributed by atoms with Crippen LogP contribution in [0.4, 0.5) is 5.69 Å². The summed E-state index contributed by atoms with van der Waals surface area (Å²) in [7, 11) is 3.00. The third-order valence-electron chi connectivity index (χ3n) is 3.13.